The van der Waals surface area contributed by atoms with Crippen LogP contribution in [-0.4, -0.2) is 25.5 Å². The van der Waals surface area contributed by atoms with Crippen molar-refractivity contribution < 1.29 is 28.2 Å². The highest BCUT2D eigenvalue weighted by molar-refractivity contribution is 6.10. The van der Waals surface area contributed by atoms with Crippen molar-refractivity contribution in [2.75, 3.05) is 13.7 Å². The Kier molecular flexibility index (Phi) is 8.56. The van der Waals surface area contributed by atoms with Crippen LogP contribution in [0.15, 0.2) is 132 Å². The maximum Gasteiger partial charge on any atom is 0.348 e. The molecule has 0 aliphatic rings. The molecular formula is C39H30O6. The van der Waals surface area contributed by atoms with Gasteiger partial charge in [-0.1, -0.05) is 97.1 Å². The molecule has 0 atom stereocenters. The van der Waals surface area contributed by atoms with Gasteiger partial charge in [0.15, 0.2) is 17.3 Å². The number of carbonyl (C=O) groups excluding carboxylic acids is 2. The van der Waals surface area contributed by atoms with E-state index in [4.69, 9.17) is 18.6 Å². The van der Waals surface area contributed by atoms with Gasteiger partial charge in [-0.25, -0.2) is 4.79 Å². The summed E-state index contributed by atoms with van der Waals surface area (Å²) in [5.41, 5.74) is 4.99. The molecule has 0 radical (unpaired) electrons. The van der Waals surface area contributed by atoms with Gasteiger partial charge < -0.3 is 18.6 Å². The van der Waals surface area contributed by atoms with Gasteiger partial charge in [-0.2, -0.15) is 0 Å². The second kappa shape index (κ2) is 13.2. The van der Waals surface area contributed by atoms with Crippen molar-refractivity contribution >= 4 is 28.8 Å². The number of fused-ring (bicyclic) bond motifs is 1. The molecule has 0 saturated carbocycles. The van der Waals surface area contributed by atoms with Crippen LogP contribution in [0.4, 0.5) is 0 Å². The van der Waals surface area contributed by atoms with E-state index in [1.54, 1.807) is 42.5 Å². The van der Waals surface area contributed by atoms with Gasteiger partial charge in [0.1, 0.15) is 22.7 Å². The van der Waals surface area contributed by atoms with E-state index in [0.717, 1.165) is 16.7 Å². The summed E-state index contributed by atoms with van der Waals surface area (Å²) in [6.07, 6.45) is 3.21. The zero-order valence-electron chi connectivity index (χ0n) is 24.9. The lowest BCUT2D eigenvalue weighted by molar-refractivity contribution is 0.0731. The Labute approximate surface area is 261 Å². The lowest BCUT2D eigenvalue weighted by Gasteiger charge is -2.11. The van der Waals surface area contributed by atoms with Crippen LogP contribution in [0, 0.1) is 0 Å². The molecule has 0 aliphatic carbocycles. The number of methoxy groups -OCH3 is 1. The first-order valence-electron chi connectivity index (χ1n) is 14.6. The minimum atomic E-state index is -0.600. The minimum Gasteiger partial charge on any atom is -0.494 e. The molecule has 6 heteroatoms. The normalized spacial score (nSPS) is 11.1. The van der Waals surface area contributed by atoms with E-state index in [9.17, 15) is 9.59 Å². The first-order valence-corrected chi connectivity index (χ1v) is 14.6. The third-order valence-corrected chi connectivity index (χ3v) is 7.30. The Bertz CT molecular complexity index is 1990. The number of benzene rings is 5. The molecule has 45 heavy (non-hydrogen) atoms. The Morgan fingerprint density at radius 3 is 2.11 bits per heavy atom. The van der Waals surface area contributed by atoms with E-state index in [1.807, 2.05) is 91.9 Å². The topological polar surface area (TPSA) is 75.0 Å². The standard InChI is InChI=1S/C39H30O6/c1-3-43-31-20-23-34-32(25-31)37(38(44-34)30-12-8-5-9-13-30)39(41)45-35-22-15-26(24-36(35)42-2)14-21-33(40)29-18-16-28(17-19-29)27-10-6-4-7-11-27/h4-25H,3H2,1-2H3. The zero-order valence-corrected chi connectivity index (χ0v) is 24.9. The van der Waals surface area contributed by atoms with Crippen LogP contribution in [0.2, 0.25) is 0 Å². The Morgan fingerprint density at radius 1 is 0.733 bits per heavy atom. The quantitative estimate of drug-likeness (QED) is 0.0681. The fourth-order valence-corrected chi connectivity index (χ4v) is 5.08. The third kappa shape index (κ3) is 6.40. The van der Waals surface area contributed by atoms with E-state index in [0.29, 0.717) is 46.0 Å². The number of hydrogen-bond acceptors (Lipinski definition) is 6. The maximum absolute atomic E-state index is 13.8. The number of rotatable bonds is 10. The highest BCUT2D eigenvalue weighted by atomic mass is 16.6. The van der Waals surface area contributed by atoms with Gasteiger partial charge in [-0.15, -0.1) is 0 Å². The summed E-state index contributed by atoms with van der Waals surface area (Å²) >= 11 is 0. The average molecular weight is 595 g/mol. The molecule has 0 N–H and O–H groups in total. The Balaban J connectivity index is 1.24. The van der Waals surface area contributed by atoms with Crippen LogP contribution in [0.25, 0.3) is 39.5 Å². The summed E-state index contributed by atoms with van der Waals surface area (Å²) < 4.78 is 23.3. The van der Waals surface area contributed by atoms with Crippen LogP contribution in [0.3, 0.4) is 0 Å². The van der Waals surface area contributed by atoms with Crippen molar-refractivity contribution in [2.45, 2.75) is 6.92 Å². The molecule has 222 valence electrons. The largest absolute Gasteiger partial charge is 0.494 e. The van der Waals surface area contributed by atoms with Gasteiger partial charge in [-0.05, 0) is 60.0 Å². The number of hydrogen-bond donors (Lipinski definition) is 0. The van der Waals surface area contributed by atoms with Crippen molar-refractivity contribution in [3.05, 3.63) is 144 Å². The van der Waals surface area contributed by atoms with E-state index in [1.165, 1.54) is 13.2 Å². The van der Waals surface area contributed by atoms with Crippen molar-refractivity contribution in [3.8, 4) is 39.7 Å². The van der Waals surface area contributed by atoms with Crippen molar-refractivity contribution in [1.82, 2.24) is 0 Å². The van der Waals surface area contributed by atoms with Crippen LogP contribution < -0.4 is 14.2 Å². The van der Waals surface area contributed by atoms with E-state index in [-0.39, 0.29) is 17.1 Å². The Morgan fingerprint density at radius 2 is 1.42 bits per heavy atom. The van der Waals surface area contributed by atoms with Crippen LogP contribution >= 0.6 is 0 Å². The minimum absolute atomic E-state index is 0.129. The molecular weight excluding hydrogens is 564 g/mol. The lowest BCUT2D eigenvalue weighted by Crippen LogP contribution is -2.10. The van der Waals surface area contributed by atoms with Gasteiger partial charge >= 0.3 is 5.97 Å². The summed E-state index contributed by atoms with van der Waals surface area (Å²) in [6, 6.07) is 37.4. The smallest absolute Gasteiger partial charge is 0.348 e. The number of carbonyl (C=O) groups is 2. The number of furan rings is 1. The summed E-state index contributed by atoms with van der Waals surface area (Å²) in [7, 11) is 1.50. The molecule has 0 bridgehead atoms. The molecule has 1 heterocycles. The molecule has 0 fully saturated rings. The van der Waals surface area contributed by atoms with Crippen molar-refractivity contribution in [2.24, 2.45) is 0 Å². The molecule has 0 amide bonds. The summed E-state index contributed by atoms with van der Waals surface area (Å²) in [5.74, 6) is 0.867. The predicted octanol–water partition coefficient (Wildman–Crippen LogP) is 9.29. The van der Waals surface area contributed by atoms with Gasteiger partial charge in [0.25, 0.3) is 0 Å². The van der Waals surface area contributed by atoms with E-state index < -0.39 is 5.97 Å². The summed E-state index contributed by atoms with van der Waals surface area (Å²) in [4.78, 5) is 26.6. The van der Waals surface area contributed by atoms with Crippen LogP contribution in [0.1, 0.15) is 33.2 Å². The van der Waals surface area contributed by atoms with Crippen molar-refractivity contribution in [3.63, 3.8) is 0 Å². The molecule has 0 unspecified atom stereocenters. The van der Waals surface area contributed by atoms with Gasteiger partial charge in [0.05, 0.1) is 13.7 Å². The molecule has 5 aromatic carbocycles. The second-order valence-corrected chi connectivity index (χ2v) is 10.2. The second-order valence-electron chi connectivity index (χ2n) is 10.2. The molecule has 0 aliphatic heterocycles. The van der Waals surface area contributed by atoms with Gasteiger partial charge in [0.2, 0.25) is 0 Å². The predicted molar refractivity (Wildman–Crippen MR) is 176 cm³/mol. The first-order chi connectivity index (χ1) is 22.0. The van der Waals surface area contributed by atoms with Crippen LogP contribution in [0.5, 0.6) is 17.2 Å². The monoisotopic (exact) mass is 594 g/mol. The molecule has 0 spiro atoms. The first kappa shape index (κ1) is 29.2. The Hall–Kier alpha value is -5.88. The highest BCUT2D eigenvalue weighted by Gasteiger charge is 2.25. The van der Waals surface area contributed by atoms with Gasteiger partial charge in [0, 0.05) is 16.5 Å². The zero-order chi connectivity index (χ0) is 31.2. The molecule has 1 aromatic heterocycles. The summed E-state index contributed by atoms with van der Waals surface area (Å²) in [6.45, 7) is 2.38. The number of ether oxygens (including phenoxy) is 3. The average Bonchev–Trinajstić information content (AvgIpc) is 3.48. The molecule has 0 saturated heterocycles. The number of allylic oxidation sites excluding steroid dienone is 1. The fourth-order valence-electron chi connectivity index (χ4n) is 5.08. The SMILES string of the molecule is CCOc1ccc2oc(-c3ccccc3)c(C(=O)Oc3ccc(C=CC(=O)c4ccc(-c5ccccc5)cc4)cc3OC)c2c1. The van der Waals surface area contributed by atoms with Gasteiger partial charge in [-0.3, -0.25) is 4.79 Å². The number of esters is 1. The molecule has 6 rings (SSSR count). The number of ketones is 1. The van der Waals surface area contributed by atoms with Crippen molar-refractivity contribution in [1.29, 1.82) is 0 Å². The summed E-state index contributed by atoms with van der Waals surface area (Å²) in [5, 5.41) is 0.582. The van der Waals surface area contributed by atoms with E-state index in [2.05, 4.69) is 0 Å². The van der Waals surface area contributed by atoms with Crippen LogP contribution in [-0.2, 0) is 0 Å². The molecule has 6 aromatic rings. The fraction of sp³-hybridized carbons (Fsp3) is 0.0769. The molecule has 6 nitrogen and oxygen atoms in total. The lowest BCUT2D eigenvalue weighted by atomic mass is 10.0. The maximum atomic E-state index is 13.8. The van der Waals surface area contributed by atoms with E-state index >= 15 is 0 Å². The third-order valence-electron chi connectivity index (χ3n) is 7.30. The highest BCUT2D eigenvalue weighted by Crippen LogP contribution is 2.37.